The number of hydrogen-bond donors (Lipinski definition) is 0. The second-order valence-corrected chi connectivity index (χ2v) is 14.0. The van der Waals surface area contributed by atoms with Crippen molar-refractivity contribution in [1.82, 2.24) is 9.13 Å². The molecule has 0 saturated heterocycles. The topological polar surface area (TPSA) is 74.8 Å². The number of fused-ring (bicyclic) bond motifs is 2. The fourth-order valence-corrected chi connectivity index (χ4v) is 7.74. The van der Waals surface area contributed by atoms with E-state index in [1.165, 1.54) is 11.3 Å². The van der Waals surface area contributed by atoms with Gasteiger partial charge in [0, 0.05) is 48.8 Å². The number of rotatable bonds is 7. The molecule has 6 rings (SSSR count). The van der Waals surface area contributed by atoms with E-state index < -0.39 is 12.0 Å². The maximum absolute atomic E-state index is 14.4. The zero-order valence-electron chi connectivity index (χ0n) is 25.7. The zero-order chi connectivity index (χ0) is 32.9. The third-order valence-electron chi connectivity index (χ3n) is 7.97. The number of aromatic nitrogens is 2. The number of allylic oxidation sites excluding steroid dienone is 1. The Morgan fingerprint density at radius 1 is 1.11 bits per heavy atom. The number of para-hydroxylation sites is 1. The van der Waals surface area contributed by atoms with Crippen LogP contribution in [0.25, 0.3) is 17.0 Å². The van der Waals surface area contributed by atoms with E-state index in [0.29, 0.717) is 42.9 Å². The molecule has 1 aliphatic rings. The lowest BCUT2D eigenvalue weighted by Gasteiger charge is -2.26. The first-order chi connectivity index (χ1) is 22.0. The van der Waals surface area contributed by atoms with Gasteiger partial charge in [-0.05, 0) is 75.7 Å². The van der Waals surface area contributed by atoms with Gasteiger partial charge < -0.3 is 14.0 Å². The van der Waals surface area contributed by atoms with Gasteiger partial charge in [0.25, 0.3) is 5.56 Å². The van der Waals surface area contributed by atoms with Crippen LogP contribution in [0.5, 0.6) is 5.75 Å². The summed E-state index contributed by atoms with van der Waals surface area (Å²) in [4.78, 5) is 33.2. The summed E-state index contributed by atoms with van der Waals surface area (Å²) in [6.07, 6.45) is 1.56. The molecular weight excluding hydrogens is 709 g/mol. The number of carbonyl (C=O) groups is 1. The molecule has 11 heteroatoms. The van der Waals surface area contributed by atoms with Gasteiger partial charge in [0.15, 0.2) is 4.80 Å². The van der Waals surface area contributed by atoms with Crippen molar-refractivity contribution in [3.8, 4) is 5.75 Å². The van der Waals surface area contributed by atoms with Gasteiger partial charge in [-0.2, -0.15) is 0 Å². The first-order valence-electron chi connectivity index (χ1n) is 14.6. The number of hydrogen-bond acceptors (Lipinski definition) is 6. The number of thiazole rings is 1. The smallest absolute Gasteiger partial charge is 0.338 e. The molecule has 0 aliphatic carbocycles. The van der Waals surface area contributed by atoms with Gasteiger partial charge in [0.1, 0.15) is 11.8 Å². The van der Waals surface area contributed by atoms with Crippen molar-refractivity contribution in [3.63, 3.8) is 0 Å². The van der Waals surface area contributed by atoms with Crippen LogP contribution in [0.3, 0.4) is 0 Å². The Balaban J connectivity index is 1.57. The minimum atomic E-state index is -0.813. The summed E-state index contributed by atoms with van der Waals surface area (Å²) in [7, 11) is 1.56. The molecule has 0 unspecified atom stereocenters. The SMILES string of the molecule is COc1ccc(Br)cc1[C@H]1C(C(=O)OC(C)C)=C(C)N=c2s/c(=C\c3c(C)n(Cc4ccc(Cl)cc4Cl)c4ccccc34)c(=O)n21. The molecule has 0 saturated carbocycles. The van der Waals surface area contributed by atoms with Crippen LogP contribution in [0.4, 0.5) is 0 Å². The van der Waals surface area contributed by atoms with E-state index in [0.717, 1.165) is 32.2 Å². The summed E-state index contributed by atoms with van der Waals surface area (Å²) in [5.41, 5.74) is 4.97. The second kappa shape index (κ2) is 12.9. The summed E-state index contributed by atoms with van der Waals surface area (Å²) in [5, 5.41) is 2.16. The summed E-state index contributed by atoms with van der Waals surface area (Å²) < 4.78 is 16.4. The van der Waals surface area contributed by atoms with Crippen molar-refractivity contribution >= 4 is 73.4 Å². The third-order valence-corrected chi connectivity index (χ3v) is 10.0. The van der Waals surface area contributed by atoms with Crippen LogP contribution >= 0.6 is 50.5 Å². The highest BCUT2D eigenvalue weighted by molar-refractivity contribution is 9.10. The molecule has 7 nitrogen and oxygen atoms in total. The Labute approximate surface area is 288 Å². The van der Waals surface area contributed by atoms with Crippen molar-refractivity contribution in [2.45, 2.75) is 46.4 Å². The molecule has 3 heterocycles. The van der Waals surface area contributed by atoms with Gasteiger partial charge in [0.2, 0.25) is 0 Å². The van der Waals surface area contributed by atoms with Crippen molar-refractivity contribution in [1.29, 1.82) is 0 Å². The molecule has 1 atom stereocenters. The van der Waals surface area contributed by atoms with Gasteiger partial charge in [-0.1, -0.05) is 74.7 Å². The Bertz CT molecular complexity index is 2250. The Kier molecular flexibility index (Phi) is 9.04. The largest absolute Gasteiger partial charge is 0.496 e. The number of benzene rings is 3. The summed E-state index contributed by atoms with van der Waals surface area (Å²) in [5.74, 6) is 0.00411. The van der Waals surface area contributed by atoms with Crippen molar-refractivity contribution in [2.75, 3.05) is 7.11 Å². The van der Waals surface area contributed by atoms with E-state index >= 15 is 0 Å². The summed E-state index contributed by atoms with van der Waals surface area (Å²) in [6, 6.07) is 18.3. The average molecular weight is 740 g/mol. The van der Waals surface area contributed by atoms with Crippen LogP contribution in [-0.2, 0) is 16.1 Å². The highest BCUT2D eigenvalue weighted by Gasteiger charge is 2.35. The molecule has 0 spiro atoms. The molecule has 3 aromatic carbocycles. The van der Waals surface area contributed by atoms with Crippen LogP contribution in [0.2, 0.25) is 10.0 Å². The predicted molar refractivity (Wildman–Crippen MR) is 188 cm³/mol. The normalized spacial score (nSPS) is 15.0. The minimum Gasteiger partial charge on any atom is -0.496 e. The molecule has 0 N–H and O–H groups in total. The van der Waals surface area contributed by atoms with Crippen LogP contribution in [0, 0.1) is 6.92 Å². The first-order valence-corrected chi connectivity index (χ1v) is 16.9. The lowest BCUT2D eigenvalue weighted by Crippen LogP contribution is -2.40. The number of halogens is 3. The summed E-state index contributed by atoms with van der Waals surface area (Å²) >= 11 is 17.6. The molecule has 5 aromatic rings. The standard InChI is InChI=1S/C35H30BrCl2N3O4S/c1-18(2)45-34(43)31-19(3)39-35-41(32(31)26-14-22(36)11-13-29(26)44-5)33(42)30(46-35)16-25-20(4)40(28-9-7-6-8-24(25)28)17-21-10-12-23(37)15-27(21)38/h6-16,18,32H,17H2,1-5H3/b30-16-/t32-/m0/s1. The maximum atomic E-state index is 14.4. The van der Waals surface area contributed by atoms with Gasteiger partial charge >= 0.3 is 5.97 Å². The summed E-state index contributed by atoms with van der Waals surface area (Å²) in [6.45, 7) is 7.91. The van der Waals surface area contributed by atoms with Crippen LogP contribution < -0.4 is 19.6 Å². The molecule has 2 aromatic heterocycles. The Hall–Kier alpha value is -3.63. The lowest BCUT2D eigenvalue weighted by molar-refractivity contribution is -0.143. The third kappa shape index (κ3) is 5.86. The van der Waals surface area contributed by atoms with E-state index in [-0.39, 0.29) is 17.2 Å². The lowest BCUT2D eigenvalue weighted by atomic mass is 9.95. The quantitative estimate of drug-likeness (QED) is 0.162. The number of carbonyl (C=O) groups excluding carboxylic acids is 1. The second-order valence-electron chi connectivity index (χ2n) is 11.3. The van der Waals surface area contributed by atoms with Gasteiger partial charge in [0.05, 0.1) is 29.0 Å². The maximum Gasteiger partial charge on any atom is 0.338 e. The fraction of sp³-hybridized carbons (Fsp3) is 0.229. The molecule has 0 fully saturated rings. The molecular formula is C35H30BrCl2N3O4S. The van der Waals surface area contributed by atoms with Gasteiger partial charge in [-0.3, -0.25) is 9.36 Å². The highest BCUT2D eigenvalue weighted by atomic mass is 79.9. The van der Waals surface area contributed by atoms with E-state index in [2.05, 4.69) is 26.6 Å². The van der Waals surface area contributed by atoms with Crippen LogP contribution in [-0.4, -0.2) is 28.3 Å². The minimum absolute atomic E-state index is 0.268. The van der Waals surface area contributed by atoms with E-state index in [1.807, 2.05) is 55.5 Å². The van der Waals surface area contributed by atoms with Gasteiger partial charge in [-0.25, -0.2) is 9.79 Å². The van der Waals surface area contributed by atoms with Crippen molar-refractivity contribution in [3.05, 3.63) is 129 Å². The molecule has 0 bridgehead atoms. The van der Waals surface area contributed by atoms with Crippen LogP contribution in [0.1, 0.15) is 49.2 Å². The number of esters is 1. The Morgan fingerprint density at radius 3 is 2.59 bits per heavy atom. The number of ether oxygens (including phenoxy) is 2. The molecule has 0 amide bonds. The number of methoxy groups -OCH3 is 1. The first kappa shape index (κ1) is 32.3. The molecule has 236 valence electrons. The van der Waals surface area contributed by atoms with Gasteiger partial charge in [-0.15, -0.1) is 0 Å². The zero-order valence-corrected chi connectivity index (χ0v) is 29.6. The van der Waals surface area contributed by atoms with E-state index in [9.17, 15) is 9.59 Å². The monoisotopic (exact) mass is 737 g/mol. The predicted octanol–water partition coefficient (Wildman–Crippen LogP) is 7.58. The molecule has 1 aliphatic heterocycles. The van der Waals surface area contributed by atoms with E-state index in [1.54, 1.807) is 44.6 Å². The molecule has 0 radical (unpaired) electrons. The van der Waals surface area contributed by atoms with Crippen molar-refractivity contribution < 1.29 is 14.3 Å². The van der Waals surface area contributed by atoms with Crippen molar-refractivity contribution in [2.24, 2.45) is 4.99 Å². The number of nitrogens with zero attached hydrogens (tertiary/aromatic N) is 3. The Morgan fingerprint density at radius 2 is 1.87 bits per heavy atom. The highest BCUT2D eigenvalue weighted by Crippen LogP contribution is 2.38. The fourth-order valence-electron chi connectivity index (χ4n) is 5.87. The van der Waals surface area contributed by atoms with Crippen LogP contribution in [0.15, 0.2) is 86.2 Å². The van der Waals surface area contributed by atoms with E-state index in [4.69, 9.17) is 37.7 Å². The average Bonchev–Trinajstić information content (AvgIpc) is 3.45. The molecule has 46 heavy (non-hydrogen) atoms.